The fraction of sp³-hybridized carbons (Fsp3) is 0.708. The van der Waals surface area contributed by atoms with Gasteiger partial charge < -0.3 is 15.7 Å². The van der Waals surface area contributed by atoms with Crippen molar-refractivity contribution in [1.82, 2.24) is 10.6 Å². The molecular weight excluding hydrogens is 457 g/mol. The summed E-state index contributed by atoms with van der Waals surface area (Å²) in [7, 11) is 0. The number of nitrogens with one attached hydrogen (secondary N) is 2. The predicted molar refractivity (Wildman–Crippen MR) is 125 cm³/mol. The minimum Gasteiger partial charge on any atom is -0.396 e. The maximum absolute atomic E-state index is 15.2. The highest BCUT2D eigenvalue weighted by atomic mass is 35.5. The van der Waals surface area contributed by atoms with Crippen molar-refractivity contribution in [1.29, 1.82) is 0 Å². The molecule has 5 rings (SSSR count). The van der Waals surface area contributed by atoms with Gasteiger partial charge in [0.1, 0.15) is 11.3 Å². The first kappa shape index (κ1) is 25.7. The molecule has 0 radical (unpaired) electrons. The first-order valence-electron chi connectivity index (χ1n) is 11.5. The van der Waals surface area contributed by atoms with Crippen LogP contribution in [0.25, 0.3) is 0 Å². The Kier molecular flexibility index (Phi) is 8.12. The van der Waals surface area contributed by atoms with Gasteiger partial charge in [0.05, 0.1) is 10.6 Å². The van der Waals surface area contributed by atoms with Crippen LogP contribution >= 0.6 is 24.0 Å². The molecule has 4 fully saturated rings. The van der Waals surface area contributed by atoms with Gasteiger partial charge in [-0.05, 0) is 93.5 Å². The number of aliphatic hydroxyl groups is 1. The fourth-order valence-corrected chi connectivity index (χ4v) is 6.81. The van der Waals surface area contributed by atoms with Crippen LogP contribution in [-0.4, -0.2) is 48.6 Å². The van der Waals surface area contributed by atoms with E-state index in [9.17, 15) is 4.79 Å². The summed E-state index contributed by atoms with van der Waals surface area (Å²) < 4.78 is 30.3. The van der Waals surface area contributed by atoms with Crippen LogP contribution in [0.5, 0.6) is 0 Å². The number of carbonyl (C=O) groups is 1. The number of hydrogen-bond acceptors (Lipinski definition) is 3. The van der Waals surface area contributed by atoms with Gasteiger partial charge in [-0.2, -0.15) is 0 Å². The molecule has 0 heterocycles. The summed E-state index contributed by atoms with van der Waals surface area (Å²) in [4.78, 5) is 12.9. The molecule has 8 heteroatoms. The number of rotatable bonds is 10. The van der Waals surface area contributed by atoms with Crippen LogP contribution in [0.3, 0.4) is 0 Å². The fourth-order valence-electron chi connectivity index (χ4n) is 6.60. The van der Waals surface area contributed by atoms with Crippen molar-refractivity contribution >= 4 is 29.9 Å². The van der Waals surface area contributed by atoms with E-state index in [0.29, 0.717) is 42.8 Å². The molecule has 4 aliphatic carbocycles. The van der Waals surface area contributed by atoms with E-state index in [1.165, 1.54) is 0 Å². The molecule has 32 heavy (non-hydrogen) atoms. The Balaban J connectivity index is 0.00000289. The van der Waals surface area contributed by atoms with Crippen molar-refractivity contribution in [3.8, 4) is 0 Å². The lowest BCUT2D eigenvalue weighted by Crippen LogP contribution is -2.62. The van der Waals surface area contributed by atoms with Gasteiger partial charge in [-0.1, -0.05) is 17.7 Å². The minimum atomic E-state index is -1.42. The van der Waals surface area contributed by atoms with Crippen molar-refractivity contribution in [3.63, 3.8) is 0 Å². The van der Waals surface area contributed by atoms with E-state index in [4.69, 9.17) is 16.7 Å². The molecule has 3 N–H and O–H groups in total. The van der Waals surface area contributed by atoms with Gasteiger partial charge >= 0.3 is 0 Å². The lowest BCUT2D eigenvalue weighted by atomic mass is 9.47. The first-order chi connectivity index (χ1) is 14.7. The molecule has 4 bridgehead atoms. The monoisotopic (exact) mass is 490 g/mol. The van der Waals surface area contributed by atoms with Gasteiger partial charge in [0.2, 0.25) is 0 Å². The number of carbonyl (C=O) groups excluding carboxylic acids is 1. The zero-order valence-corrected chi connectivity index (χ0v) is 20.0. The van der Waals surface area contributed by atoms with Gasteiger partial charge in [0.25, 0.3) is 5.91 Å². The summed E-state index contributed by atoms with van der Waals surface area (Å²) in [6.07, 6.45) is 4.91. The molecule has 0 spiro atoms. The van der Waals surface area contributed by atoms with E-state index >= 15 is 8.78 Å². The maximum atomic E-state index is 15.2. The summed E-state index contributed by atoms with van der Waals surface area (Å²) in [5, 5.41) is 15.4. The van der Waals surface area contributed by atoms with E-state index in [1.54, 1.807) is 6.07 Å². The van der Waals surface area contributed by atoms with E-state index in [0.717, 1.165) is 44.3 Å². The van der Waals surface area contributed by atoms with Gasteiger partial charge in [-0.25, -0.2) is 8.78 Å². The Morgan fingerprint density at radius 2 is 1.78 bits per heavy atom. The maximum Gasteiger partial charge on any atom is 0.252 e. The average Bonchev–Trinajstić information content (AvgIpc) is 2.67. The second-order valence-corrected chi connectivity index (χ2v) is 10.6. The number of aliphatic hydroxyl groups excluding tert-OH is 1. The summed E-state index contributed by atoms with van der Waals surface area (Å²) in [6, 6.07) is 5.48. The third kappa shape index (κ3) is 5.75. The molecule has 180 valence electrons. The van der Waals surface area contributed by atoms with Crippen LogP contribution in [0.1, 0.15) is 67.3 Å². The average molecular weight is 491 g/mol. The summed E-state index contributed by atoms with van der Waals surface area (Å²) in [5.74, 6) is -0.189. The van der Waals surface area contributed by atoms with Crippen LogP contribution in [0.4, 0.5) is 8.78 Å². The Labute approximate surface area is 200 Å². The van der Waals surface area contributed by atoms with Crippen molar-refractivity contribution < 1.29 is 18.7 Å². The standard InChI is InChI=1S/C24H33ClF2N2O2.ClH/c25-20-5-4-17(3-1-6-28-7-2-8-30)9-19(20)21(31)29-16-22-10-18-11-23(26,13-22)15-24(27,12-18)14-22;/h4-5,9,18,28,30H,1-3,6-8,10-16H2,(H,29,31);1H. The lowest BCUT2D eigenvalue weighted by Gasteiger charge is -2.61. The van der Waals surface area contributed by atoms with E-state index in [1.807, 2.05) is 12.1 Å². The predicted octanol–water partition coefficient (Wildman–Crippen LogP) is 4.80. The molecular formula is C24H34Cl2F2N2O2. The Hall–Kier alpha value is -0.950. The van der Waals surface area contributed by atoms with E-state index < -0.39 is 16.8 Å². The summed E-state index contributed by atoms with van der Waals surface area (Å²) in [5.41, 5.74) is -1.87. The smallest absolute Gasteiger partial charge is 0.252 e. The topological polar surface area (TPSA) is 61.4 Å². The molecule has 4 nitrogen and oxygen atoms in total. The third-order valence-electron chi connectivity index (χ3n) is 7.28. The second kappa shape index (κ2) is 10.1. The van der Waals surface area contributed by atoms with E-state index in [-0.39, 0.29) is 37.3 Å². The van der Waals surface area contributed by atoms with Crippen molar-refractivity contribution in [2.45, 2.75) is 69.1 Å². The van der Waals surface area contributed by atoms with Crippen molar-refractivity contribution in [2.75, 3.05) is 26.2 Å². The number of aryl methyl sites for hydroxylation is 1. The Bertz CT molecular complexity index is 807. The second-order valence-electron chi connectivity index (χ2n) is 10.2. The normalized spacial score (nSPS) is 32.6. The summed E-state index contributed by atoms with van der Waals surface area (Å²) >= 11 is 6.29. The molecule has 4 aliphatic rings. The highest BCUT2D eigenvalue weighted by molar-refractivity contribution is 6.33. The van der Waals surface area contributed by atoms with E-state index in [2.05, 4.69) is 10.6 Å². The van der Waals surface area contributed by atoms with Crippen LogP contribution in [0, 0.1) is 11.3 Å². The Morgan fingerprint density at radius 1 is 1.09 bits per heavy atom. The molecule has 0 saturated heterocycles. The summed E-state index contributed by atoms with van der Waals surface area (Å²) in [6.45, 7) is 2.11. The van der Waals surface area contributed by atoms with Gasteiger partial charge in [0, 0.05) is 19.6 Å². The third-order valence-corrected chi connectivity index (χ3v) is 7.61. The first-order valence-corrected chi connectivity index (χ1v) is 11.9. The molecule has 4 saturated carbocycles. The largest absolute Gasteiger partial charge is 0.396 e. The number of hydrogen-bond donors (Lipinski definition) is 3. The van der Waals surface area contributed by atoms with Gasteiger partial charge in [-0.3, -0.25) is 4.79 Å². The highest BCUT2D eigenvalue weighted by Gasteiger charge is 2.64. The quantitative estimate of drug-likeness (QED) is 0.413. The molecule has 1 amide bonds. The minimum absolute atomic E-state index is 0. The van der Waals surface area contributed by atoms with Crippen molar-refractivity contribution in [3.05, 3.63) is 34.3 Å². The van der Waals surface area contributed by atoms with Gasteiger partial charge in [0.15, 0.2) is 0 Å². The molecule has 1 aromatic carbocycles. The van der Waals surface area contributed by atoms with Crippen LogP contribution in [0.2, 0.25) is 5.02 Å². The van der Waals surface area contributed by atoms with Crippen LogP contribution in [-0.2, 0) is 6.42 Å². The molecule has 0 aromatic heterocycles. The van der Waals surface area contributed by atoms with Crippen LogP contribution in [0.15, 0.2) is 18.2 Å². The molecule has 2 unspecified atom stereocenters. The number of amides is 1. The Morgan fingerprint density at radius 3 is 2.44 bits per heavy atom. The lowest BCUT2D eigenvalue weighted by molar-refractivity contribution is -0.172. The zero-order chi connectivity index (χ0) is 22.1. The van der Waals surface area contributed by atoms with Crippen molar-refractivity contribution in [2.24, 2.45) is 11.3 Å². The number of benzene rings is 1. The highest BCUT2D eigenvalue weighted by Crippen LogP contribution is 2.65. The molecule has 2 atom stereocenters. The molecule has 1 aromatic rings. The van der Waals surface area contributed by atoms with Crippen LogP contribution < -0.4 is 10.6 Å². The SMILES string of the molecule is Cl.O=C(NCC12CC3CC(F)(CC(F)(C3)C1)C2)c1cc(CCCNCCCO)ccc1Cl. The number of halogens is 4. The zero-order valence-electron chi connectivity index (χ0n) is 18.4. The number of alkyl halides is 2. The van der Waals surface area contributed by atoms with Gasteiger partial charge in [-0.15, -0.1) is 12.4 Å². The molecule has 0 aliphatic heterocycles.